The summed E-state index contributed by atoms with van der Waals surface area (Å²) in [5.41, 5.74) is 1.22. The minimum atomic E-state index is -0.465. The van der Waals surface area contributed by atoms with Crippen molar-refractivity contribution in [2.75, 3.05) is 6.54 Å². The molecule has 2 aromatic carbocycles. The van der Waals surface area contributed by atoms with Gasteiger partial charge in [-0.05, 0) is 37.2 Å². The average Bonchev–Trinajstić information content (AvgIpc) is 2.49. The van der Waals surface area contributed by atoms with Crippen molar-refractivity contribution in [3.05, 3.63) is 65.2 Å². The highest BCUT2D eigenvalue weighted by atomic mass is 19.1. The van der Waals surface area contributed by atoms with E-state index in [1.807, 2.05) is 24.3 Å². The van der Waals surface area contributed by atoms with Crippen molar-refractivity contribution in [2.24, 2.45) is 0 Å². The standard InChI is InChI=1S/C17H19F2NO/c1-2-9-20-11-13-5-3-4-6-17(13)21-12-14-10-15(18)7-8-16(14)19/h3-8,10,20H,2,9,11-12H2,1H3. The van der Waals surface area contributed by atoms with Crippen LogP contribution < -0.4 is 10.1 Å². The Hall–Kier alpha value is -1.94. The molecule has 2 nitrogen and oxygen atoms in total. The quantitative estimate of drug-likeness (QED) is 0.777. The average molecular weight is 291 g/mol. The molecule has 0 aliphatic rings. The van der Waals surface area contributed by atoms with Crippen LogP contribution in [0.15, 0.2) is 42.5 Å². The normalized spacial score (nSPS) is 10.6. The summed E-state index contributed by atoms with van der Waals surface area (Å²) in [4.78, 5) is 0. The van der Waals surface area contributed by atoms with Gasteiger partial charge in [0.1, 0.15) is 24.0 Å². The number of para-hydroxylation sites is 1. The molecule has 0 saturated carbocycles. The molecular formula is C17H19F2NO. The summed E-state index contributed by atoms with van der Waals surface area (Å²) >= 11 is 0. The van der Waals surface area contributed by atoms with Gasteiger partial charge < -0.3 is 10.1 Å². The maximum Gasteiger partial charge on any atom is 0.130 e. The van der Waals surface area contributed by atoms with Gasteiger partial charge in [0.2, 0.25) is 0 Å². The Morgan fingerprint density at radius 2 is 1.86 bits per heavy atom. The van der Waals surface area contributed by atoms with Gasteiger partial charge in [-0.2, -0.15) is 0 Å². The van der Waals surface area contributed by atoms with Gasteiger partial charge in [-0.1, -0.05) is 25.1 Å². The Kier molecular flexibility index (Phi) is 5.69. The van der Waals surface area contributed by atoms with Gasteiger partial charge in [0, 0.05) is 17.7 Å². The first-order valence-corrected chi connectivity index (χ1v) is 7.06. The first-order valence-electron chi connectivity index (χ1n) is 7.06. The van der Waals surface area contributed by atoms with Crippen LogP contribution in [0.3, 0.4) is 0 Å². The van der Waals surface area contributed by atoms with Gasteiger partial charge >= 0.3 is 0 Å². The molecule has 0 amide bonds. The maximum atomic E-state index is 13.6. The fourth-order valence-corrected chi connectivity index (χ4v) is 2.00. The smallest absolute Gasteiger partial charge is 0.130 e. The molecule has 0 saturated heterocycles. The van der Waals surface area contributed by atoms with Crippen LogP contribution in [0.2, 0.25) is 0 Å². The summed E-state index contributed by atoms with van der Waals surface area (Å²) < 4.78 is 32.3. The zero-order chi connectivity index (χ0) is 15.1. The monoisotopic (exact) mass is 291 g/mol. The Morgan fingerprint density at radius 1 is 1.05 bits per heavy atom. The second-order valence-corrected chi connectivity index (χ2v) is 4.81. The highest BCUT2D eigenvalue weighted by molar-refractivity contribution is 5.33. The third-order valence-electron chi connectivity index (χ3n) is 3.11. The molecule has 4 heteroatoms. The lowest BCUT2D eigenvalue weighted by atomic mass is 10.2. The first-order chi connectivity index (χ1) is 10.2. The highest BCUT2D eigenvalue weighted by Gasteiger charge is 2.07. The third-order valence-corrected chi connectivity index (χ3v) is 3.11. The van der Waals surface area contributed by atoms with E-state index in [2.05, 4.69) is 12.2 Å². The molecule has 0 fully saturated rings. The van der Waals surface area contributed by atoms with E-state index < -0.39 is 11.6 Å². The van der Waals surface area contributed by atoms with Gasteiger partial charge in [0.05, 0.1) is 0 Å². The van der Waals surface area contributed by atoms with Crippen LogP contribution in [0, 0.1) is 11.6 Å². The summed E-state index contributed by atoms with van der Waals surface area (Å²) in [5, 5.41) is 3.30. The predicted octanol–water partition coefficient (Wildman–Crippen LogP) is 4.04. The van der Waals surface area contributed by atoms with Crippen LogP contribution in [0.4, 0.5) is 8.78 Å². The van der Waals surface area contributed by atoms with Crippen LogP contribution >= 0.6 is 0 Å². The van der Waals surface area contributed by atoms with Gasteiger partial charge in [-0.3, -0.25) is 0 Å². The van der Waals surface area contributed by atoms with E-state index in [-0.39, 0.29) is 12.2 Å². The van der Waals surface area contributed by atoms with Gasteiger partial charge in [0.25, 0.3) is 0 Å². The van der Waals surface area contributed by atoms with E-state index in [0.717, 1.165) is 36.7 Å². The fourth-order valence-electron chi connectivity index (χ4n) is 2.00. The molecular weight excluding hydrogens is 272 g/mol. The summed E-state index contributed by atoms with van der Waals surface area (Å²) in [6, 6.07) is 11.0. The largest absolute Gasteiger partial charge is 0.488 e. The lowest BCUT2D eigenvalue weighted by Crippen LogP contribution is -2.14. The van der Waals surface area contributed by atoms with Crippen LogP contribution in [0.5, 0.6) is 5.75 Å². The van der Waals surface area contributed by atoms with E-state index in [4.69, 9.17) is 4.74 Å². The number of benzene rings is 2. The zero-order valence-electron chi connectivity index (χ0n) is 12.0. The number of hydrogen-bond donors (Lipinski definition) is 1. The zero-order valence-corrected chi connectivity index (χ0v) is 12.0. The molecule has 0 atom stereocenters. The fraction of sp³-hybridized carbons (Fsp3) is 0.294. The second kappa shape index (κ2) is 7.74. The molecule has 2 rings (SSSR count). The third kappa shape index (κ3) is 4.53. The molecule has 1 N–H and O–H groups in total. The molecule has 0 aliphatic carbocycles. The summed E-state index contributed by atoms with van der Waals surface area (Å²) in [6.45, 7) is 3.72. The maximum absolute atomic E-state index is 13.6. The Balaban J connectivity index is 2.04. The molecule has 0 aromatic heterocycles. The Labute approximate surface area is 123 Å². The van der Waals surface area contributed by atoms with Gasteiger partial charge in [-0.15, -0.1) is 0 Å². The molecule has 0 heterocycles. The molecule has 0 spiro atoms. The molecule has 112 valence electrons. The summed E-state index contributed by atoms with van der Waals surface area (Å²) in [5.74, 6) is -0.240. The Bertz CT molecular complexity index is 587. The SMILES string of the molecule is CCCNCc1ccccc1OCc1cc(F)ccc1F. The number of hydrogen-bond acceptors (Lipinski definition) is 2. The highest BCUT2D eigenvalue weighted by Crippen LogP contribution is 2.20. The van der Waals surface area contributed by atoms with Crippen LogP contribution in [-0.4, -0.2) is 6.54 Å². The van der Waals surface area contributed by atoms with Crippen molar-refractivity contribution in [3.8, 4) is 5.75 Å². The molecule has 0 unspecified atom stereocenters. The molecule has 0 bridgehead atoms. The first kappa shape index (κ1) is 15.4. The number of rotatable bonds is 7. The molecule has 2 aromatic rings. The van der Waals surface area contributed by atoms with E-state index in [9.17, 15) is 8.78 Å². The minimum Gasteiger partial charge on any atom is -0.488 e. The van der Waals surface area contributed by atoms with Crippen molar-refractivity contribution in [1.82, 2.24) is 5.32 Å². The van der Waals surface area contributed by atoms with Crippen molar-refractivity contribution < 1.29 is 13.5 Å². The topological polar surface area (TPSA) is 21.3 Å². The van der Waals surface area contributed by atoms with Crippen LogP contribution in [0.1, 0.15) is 24.5 Å². The minimum absolute atomic E-state index is 0.00832. The molecule has 21 heavy (non-hydrogen) atoms. The van der Waals surface area contributed by atoms with Crippen molar-refractivity contribution >= 4 is 0 Å². The lowest BCUT2D eigenvalue weighted by molar-refractivity contribution is 0.295. The second-order valence-electron chi connectivity index (χ2n) is 4.81. The van der Waals surface area contributed by atoms with Crippen LogP contribution in [0.25, 0.3) is 0 Å². The van der Waals surface area contributed by atoms with E-state index in [1.54, 1.807) is 0 Å². The van der Waals surface area contributed by atoms with Gasteiger partial charge in [0.15, 0.2) is 0 Å². The number of halogens is 2. The lowest BCUT2D eigenvalue weighted by Gasteiger charge is -2.12. The summed E-state index contributed by atoms with van der Waals surface area (Å²) in [6.07, 6.45) is 1.05. The number of nitrogens with one attached hydrogen (secondary N) is 1. The van der Waals surface area contributed by atoms with E-state index >= 15 is 0 Å². The van der Waals surface area contributed by atoms with Crippen LogP contribution in [-0.2, 0) is 13.2 Å². The summed E-state index contributed by atoms with van der Waals surface area (Å²) in [7, 11) is 0. The van der Waals surface area contributed by atoms with Crippen molar-refractivity contribution in [1.29, 1.82) is 0 Å². The van der Waals surface area contributed by atoms with Gasteiger partial charge in [-0.25, -0.2) is 8.78 Å². The molecule has 0 radical (unpaired) electrons. The molecule has 0 aliphatic heterocycles. The Morgan fingerprint density at radius 3 is 2.67 bits per heavy atom. The number of ether oxygens (including phenoxy) is 1. The van der Waals surface area contributed by atoms with E-state index in [1.165, 1.54) is 0 Å². The van der Waals surface area contributed by atoms with Crippen molar-refractivity contribution in [2.45, 2.75) is 26.5 Å². The predicted molar refractivity (Wildman–Crippen MR) is 79.1 cm³/mol. The van der Waals surface area contributed by atoms with Crippen molar-refractivity contribution in [3.63, 3.8) is 0 Å². The van der Waals surface area contributed by atoms with E-state index in [0.29, 0.717) is 12.3 Å².